The van der Waals surface area contributed by atoms with Gasteiger partial charge in [-0.25, -0.2) is 0 Å². The average Bonchev–Trinajstić information content (AvgIpc) is 1.95. The van der Waals surface area contributed by atoms with Gasteiger partial charge in [-0.1, -0.05) is 0 Å². The summed E-state index contributed by atoms with van der Waals surface area (Å²) >= 11 is 0. The topological polar surface area (TPSA) is 49.3 Å². The van der Waals surface area contributed by atoms with Crippen LogP contribution in [0.4, 0.5) is 0 Å². The number of carbonyl (C=O) groups excluding carboxylic acids is 1. The molecule has 1 aliphatic carbocycles. The molecule has 0 spiro atoms. The second kappa shape index (κ2) is 2.95. The van der Waals surface area contributed by atoms with Crippen molar-refractivity contribution in [3.63, 3.8) is 0 Å². The van der Waals surface area contributed by atoms with Gasteiger partial charge in [0, 0.05) is 0 Å². The number of carbonyl (C=O) groups is 1. The summed E-state index contributed by atoms with van der Waals surface area (Å²) in [6.45, 7) is 0. The molecule has 2 atom stereocenters. The molecule has 0 amide bonds. The third-order valence-electron chi connectivity index (χ3n) is 2.35. The first-order valence-corrected chi connectivity index (χ1v) is 4.02. The summed E-state index contributed by atoms with van der Waals surface area (Å²) in [5, 5.41) is 12.5. The fourth-order valence-electron chi connectivity index (χ4n) is 1.56. The Balaban J connectivity index is 2.68. The van der Waals surface area contributed by atoms with E-state index in [1.807, 2.05) is 0 Å². The van der Waals surface area contributed by atoms with Crippen LogP contribution in [-0.2, 0) is 4.79 Å². The van der Waals surface area contributed by atoms with Crippen molar-refractivity contribution in [3.05, 3.63) is 0 Å². The lowest BCUT2D eigenvalue weighted by Crippen LogP contribution is -2.53. The first-order valence-electron chi connectivity index (χ1n) is 4.02. The average molecular weight is 155 g/mol. The predicted octanol–water partition coefficient (Wildman–Crippen LogP) is -1.35. The zero-order valence-electron chi connectivity index (χ0n) is 7.05. The number of Topliss-reactive ketones (excluding diaryl/α,β-unsaturated/α-hetero) is 1. The Morgan fingerprint density at radius 2 is 2.45 bits per heavy atom. The molecule has 0 aromatic carbocycles. The molecule has 0 radical (unpaired) electrons. The molecule has 0 aromatic heterocycles. The number of rotatable bonds is 1. The molecule has 1 aliphatic rings. The summed E-state index contributed by atoms with van der Waals surface area (Å²) in [5.41, 5.74) is -1.09. The van der Waals surface area contributed by atoms with E-state index in [2.05, 4.69) is 5.32 Å². The maximum absolute atomic E-state index is 11.4. The van der Waals surface area contributed by atoms with E-state index >= 15 is 0 Å². The van der Waals surface area contributed by atoms with E-state index in [0.29, 0.717) is 6.42 Å². The van der Waals surface area contributed by atoms with Crippen molar-refractivity contribution in [2.24, 2.45) is 0 Å². The van der Waals surface area contributed by atoms with Crippen LogP contribution in [0.3, 0.4) is 0 Å². The Bertz CT molecular complexity index is 170. The smallest absolute Gasteiger partial charge is 0.172 e. The minimum absolute atomic E-state index is 0.0637. The molecule has 2 N–H and O–H groups in total. The SMILES string of the molecule is BC1(O)CCCC(NC)C1=O. The molecule has 1 fully saturated rings. The third kappa shape index (κ3) is 1.63. The highest BCUT2D eigenvalue weighted by Crippen LogP contribution is 2.21. The van der Waals surface area contributed by atoms with Gasteiger partial charge < -0.3 is 10.4 Å². The molecule has 0 saturated heterocycles. The molecule has 1 saturated carbocycles. The van der Waals surface area contributed by atoms with Crippen molar-refractivity contribution in [1.82, 2.24) is 5.32 Å². The summed E-state index contributed by atoms with van der Waals surface area (Å²) in [5.74, 6) is -0.0637. The molecule has 62 valence electrons. The van der Waals surface area contributed by atoms with Crippen LogP contribution in [0.15, 0.2) is 0 Å². The van der Waals surface area contributed by atoms with Crippen molar-refractivity contribution in [2.45, 2.75) is 30.8 Å². The summed E-state index contributed by atoms with van der Waals surface area (Å²) in [6.07, 6.45) is 2.37. The van der Waals surface area contributed by atoms with Crippen LogP contribution in [0.5, 0.6) is 0 Å². The van der Waals surface area contributed by atoms with Crippen LogP contribution in [0.25, 0.3) is 0 Å². The second-order valence-electron chi connectivity index (χ2n) is 3.37. The van der Waals surface area contributed by atoms with Gasteiger partial charge >= 0.3 is 0 Å². The van der Waals surface area contributed by atoms with Gasteiger partial charge in [0.2, 0.25) is 0 Å². The van der Waals surface area contributed by atoms with Crippen LogP contribution in [-0.4, -0.2) is 37.3 Å². The molecule has 0 aromatic rings. The van der Waals surface area contributed by atoms with Crippen LogP contribution in [0, 0.1) is 0 Å². The summed E-state index contributed by atoms with van der Waals surface area (Å²) < 4.78 is 0. The van der Waals surface area contributed by atoms with E-state index in [0.717, 1.165) is 12.8 Å². The Kier molecular flexibility index (Phi) is 2.35. The van der Waals surface area contributed by atoms with Crippen LogP contribution < -0.4 is 5.32 Å². The Labute approximate surface area is 67.6 Å². The van der Waals surface area contributed by atoms with Crippen molar-refractivity contribution < 1.29 is 9.90 Å². The van der Waals surface area contributed by atoms with Crippen LogP contribution in [0.2, 0.25) is 0 Å². The molecular formula is C7H14BNO2. The summed E-state index contributed by atoms with van der Waals surface area (Å²) in [6, 6.07) is -0.140. The van der Waals surface area contributed by atoms with Gasteiger partial charge in [-0.2, -0.15) is 0 Å². The molecule has 3 nitrogen and oxygen atoms in total. The second-order valence-corrected chi connectivity index (χ2v) is 3.37. The first-order chi connectivity index (χ1) is 5.08. The minimum Gasteiger partial charge on any atom is -0.391 e. The molecule has 0 bridgehead atoms. The number of nitrogens with one attached hydrogen (secondary N) is 1. The van der Waals surface area contributed by atoms with Crippen molar-refractivity contribution in [2.75, 3.05) is 7.05 Å². The highest BCUT2D eigenvalue weighted by atomic mass is 16.3. The molecule has 2 unspecified atom stereocenters. The predicted molar refractivity (Wildman–Crippen MR) is 45.2 cm³/mol. The Hall–Kier alpha value is -0.345. The van der Waals surface area contributed by atoms with E-state index in [-0.39, 0.29) is 11.8 Å². The third-order valence-corrected chi connectivity index (χ3v) is 2.35. The first kappa shape index (κ1) is 8.75. The lowest BCUT2D eigenvalue weighted by molar-refractivity contribution is -0.135. The molecule has 0 aliphatic heterocycles. The van der Waals surface area contributed by atoms with E-state index < -0.39 is 5.50 Å². The van der Waals surface area contributed by atoms with Crippen LogP contribution in [0.1, 0.15) is 19.3 Å². The molecular weight excluding hydrogens is 141 g/mol. The molecule has 11 heavy (non-hydrogen) atoms. The Morgan fingerprint density at radius 3 is 2.91 bits per heavy atom. The van der Waals surface area contributed by atoms with Crippen molar-refractivity contribution in [3.8, 4) is 0 Å². The molecule has 0 heterocycles. The van der Waals surface area contributed by atoms with Crippen molar-refractivity contribution >= 4 is 13.6 Å². The van der Waals surface area contributed by atoms with E-state index in [1.165, 1.54) is 0 Å². The van der Waals surface area contributed by atoms with Gasteiger partial charge in [-0.05, 0) is 26.3 Å². The fourth-order valence-corrected chi connectivity index (χ4v) is 1.56. The summed E-state index contributed by atoms with van der Waals surface area (Å²) in [4.78, 5) is 11.4. The number of hydrogen-bond donors (Lipinski definition) is 2. The Morgan fingerprint density at radius 1 is 1.82 bits per heavy atom. The van der Waals surface area contributed by atoms with Gasteiger partial charge in [0.15, 0.2) is 13.6 Å². The van der Waals surface area contributed by atoms with Gasteiger partial charge in [-0.15, -0.1) is 0 Å². The zero-order chi connectivity index (χ0) is 8.48. The maximum atomic E-state index is 11.4. The largest absolute Gasteiger partial charge is 0.391 e. The molecule has 4 heteroatoms. The minimum atomic E-state index is -1.09. The summed E-state index contributed by atoms with van der Waals surface area (Å²) in [7, 11) is 3.35. The van der Waals surface area contributed by atoms with Crippen LogP contribution >= 0.6 is 0 Å². The van der Waals surface area contributed by atoms with E-state index in [9.17, 15) is 9.90 Å². The monoisotopic (exact) mass is 155 g/mol. The number of aliphatic hydroxyl groups is 1. The normalized spacial score (nSPS) is 39.1. The van der Waals surface area contributed by atoms with Gasteiger partial charge in [0.05, 0.1) is 11.5 Å². The van der Waals surface area contributed by atoms with Gasteiger partial charge in [0.25, 0.3) is 0 Å². The quantitative estimate of drug-likeness (QED) is 0.460. The zero-order valence-corrected chi connectivity index (χ0v) is 7.05. The van der Waals surface area contributed by atoms with E-state index in [1.54, 1.807) is 14.9 Å². The lowest BCUT2D eigenvalue weighted by atomic mass is 9.68. The standard InChI is InChI=1S/C7H14BNO2/c1-9-5-3-2-4-7(8,11)6(5)10/h5,9,11H,2-4,8H2,1H3. The van der Waals surface area contributed by atoms with Gasteiger partial charge in [0.1, 0.15) is 0 Å². The lowest BCUT2D eigenvalue weighted by Gasteiger charge is -2.32. The maximum Gasteiger partial charge on any atom is 0.172 e. The number of ketones is 1. The number of likely N-dealkylation sites (N-methyl/N-ethyl adjacent to an activating group) is 1. The fraction of sp³-hybridized carbons (Fsp3) is 0.857. The molecule has 1 rings (SSSR count). The van der Waals surface area contributed by atoms with Gasteiger partial charge in [-0.3, -0.25) is 4.79 Å². The van der Waals surface area contributed by atoms with E-state index in [4.69, 9.17) is 0 Å². The number of hydrogen-bond acceptors (Lipinski definition) is 3. The highest BCUT2D eigenvalue weighted by Gasteiger charge is 2.37. The highest BCUT2D eigenvalue weighted by molar-refractivity contribution is 6.28. The van der Waals surface area contributed by atoms with Crippen molar-refractivity contribution in [1.29, 1.82) is 0 Å².